The molecule has 104 valence electrons. The predicted octanol–water partition coefficient (Wildman–Crippen LogP) is 2.10. The second kappa shape index (κ2) is 5.88. The summed E-state index contributed by atoms with van der Waals surface area (Å²) in [4.78, 5) is 8.11. The number of hydrogen-bond acceptors (Lipinski definition) is 5. The lowest BCUT2D eigenvalue weighted by molar-refractivity contribution is 0.171. The molecule has 5 nitrogen and oxygen atoms in total. The minimum Gasteiger partial charge on any atom is -0.486 e. The lowest BCUT2D eigenvalue weighted by Crippen LogP contribution is -2.20. The van der Waals surface area contributed by atoms with Gasteiger partial charge in [-0.2, -0.15) is 0 Å². The van der Waals surface area contributed by atoms with Gasteiger partial charge in [0, 0.05) is 18.8 Å². The molecule has 1 N–H and O–H groups in total. The minimum atomic E-state index is 0.209. The number of hydrogen-bond donors (Lipinski definition) is 1. The van der Waals surface area contributed by atoms with Crippen molar-refractivity contribution in [3.8, 4) is 11.5 Å². The number of ether oxygens (including phenoxy) is 2. The molecule has 2 aromatic rings. The summed E-state index contributed by atoms with van der Waals surface area (Å²) in [6.45, 7) is 4.05. The zero-order chi connectivity index (χ0) is 13.8. The number of nitrogens with zero attached hydrogens (tertiary/aromatic N) is 2. The molecule has 0 fully saturated rings. The number of aromatic nitrogens is 2. The average Bonchev–Trinajstić information content (AvgIpc) is 2.53. The van der Waals surface area contributed by atoms with Crippen LogP contribution in [0.1, 0.15) is 24.2 Å². The van der Waals surface area contributed by atoms with Gasteiger partial charge in [-0.15, -0.1) is 0 Å². The third-order valence-electron chi connectivity index (χ3n) is 3.30. The van der Waals surface area contributed by atoms with Crippen LogP contribution in [0.15, 0.2) is 36.8 Å². The van der Waals surface area contributed by atoms with Gasteiger partial charge in [0.2, 0.25) is 0 Å². The SMILES string of the molecule is CC(NCc1ccncn1)c1ccc2c(c1)OCCO2. The van der Waals surface area contributed by atoms with Crippen molar-refractivity contribution in [2.45, 2.75) is 19.5 Å². The molecule has 0 bridgehead atoms. The van der Waals surface area contributed by atoms with Gasteiger partial charge in [-0.05, 0) is 30.7 Å². The van der Waals surface area contributed by atoms with E-state index >= 15 is 0 Å². The fourth-order valence-electron chi connectivity index (χ4n) is 2.13. The van der Waals surface area contributed by atoms with Crippen molar-refractivity contribution < 1.29 is 9.47 Å². The summed E-state index contributed by atoms with van der Waals surface area (Å²) < 4.78 is 11.1. The van der Waals surface area contributed by atoms with Crippen LogP contribution < -0.4 is 14.8 Å². The summed E-state index contributed by atoms with van der Waals surface area (Å²) in [5.74, 6) is 1.65. The maximum absolute atomic E-state index is 5.60. The van der Waals surface area contributed by atoms with Gasteiger partial charge in [-0.1, -0.05) is 6.07 Å². The molecule has 0 spiro atoms. The van der Waals surface area contributed by atoms with E-state index in [2.05, 4.69) is 28.3 Å². The molecule has 1 aliphatic rings. The lowest BCUT2D eigenvalue weighted by Gasteiger charge is -2.21. The summed E-state index contributed by atoms with van der Waals surface area (Å²) in [7, 11) is 0. The maximum Gasteiger partial charge on any atom is 0.161 e. The number of rotatable bonds is 4. The highest BCUT2D eigenvalue weighted by Gasteiger charge is 2.14. The molecule has 0 amide bonds. The van der Waals surface area contributed by atoms with Crippen LogP contribution in [0.5, 0.6) is 11.5 Å². The van der Waals surface area contributed by atoms with E-state index in [4.69, 9.17) is 9.47 Å². The largest absolute Gasteiger partial charge is 0.486 e. The van der Waals surface area contributed by atoms with Crippen LogP contribution in [-0.2, 0) is 6.54 Å². The quantitative estimate of drug-likeness (QED) is 0.923. The Morgan fingerprint density at radius 2 is 2.05 bits per heavy atom. The summed E-state index contributed by atoms with van der Waals surface area (Å²) in [6, 6.07) is 8.17. The zero-order valence-electron chi connectivity index (χ0n) is 11.4. The van der Waals surface area contributed by atoms with E-state index in [1.165, 1.54) is 5.56 Å². The van der Waals surface area contributed by atoms with Crippen LogP contribution in [0, 0.1) is 0 Å². The van der Waals surface area contributed by atoms with Crippen molar-refractivity contribution in [3.63, 3.8) is 0 Å². The Bertz CT molecular complexity index is 575. The van der Waals surface area contributed by atoms with Crippen molar-refractivity contribution in [1.82, 2.24) is 15.3 Å². The molecule has 1 aromatic carbocycles. The van der Waals surface area contributed by atoms with Crippen LogP contribution in [0.2, 0.25) is 0 Å². The minimum absolute atomic E-state index is 0.209. The third kappa shape index (κ3) is 2.88. The summed E-state index contributed by atoms with van der Waals surface area (Å²) in [5.41, 5.74) is 2.15. The van der Waals surface area contributed by atoms with E-state index < -0.39 is 0 Å². The third-order valence-corrected chi connectivity index (χ3v) is 3.30. The Morgan fingerprint density at radius 1 is 1.20 bits per heavy atom. The predicted molar refractivity (Wildman–Crippen MR) is 74.7 cm³/mol. The van der Waals surface area contributed by atoms with Gasteiger partial charge in [0.1, 0.15) is 19.5 Å². The van der Waals surface area contributed by atoms with Gasteiger partial charge < -0.3 is 14.8 Å². The summed E-state index contributed by atoms with van der Waals surface area (Å²) >= 11 is 0. The highest BCUT2D eigenvalue weighted by Crippen LogP contribution is 2.32. The van der Waals surface area contributed by atoms with Gasteiger partial charge in [0.25, 0.3) is 0 Å². The topological polar surface area (TPSA) is 56.3 Å². The second-order valence-electron chi connectivity index (χ2n) is 4.71. The Balaban J connectivity index is 1.66. The van der Waals surface area contributed by atoms with E-state index in [0.29, 0.717) is 19.8 Å². The first kappa shape index (κ1) is 12.9. The molecule has 0 saturated heterocycles. The fourth-order valence-corrected chi connectivity index (χ4v) is 2.13. The second-order valence-corrected chi connectivity index (χ2v) is 4.71. The molecule has 1 aliphatic heterocycles. The van der Waals surface area contributed by atoms with Crippen LogP contribution in [0.4, 0.5) is 0 Å². The molecule has 1 aromatic heterocycles. The molecule has 1 unspecified atom stereocenters. The van der Waals surface area contributed by atoms with Gasteiger partial charge in [0.05, 0.1) is 5.69 Å². The van der Waals surface area contributed by atoms with E-state index in [1.54, 1.807) is 12.5 Å². The maximum atomic E-state index is 5.60. The molecule has 20 heavy (non-hydrogen) atoms. The van der Waals surface area contributed by atoms with Crippen LogP contribution in [0.3, 0.4) is 0 Å². The number of benzene rings is 1. The lowest BCUT2D eigenvalue weighted by atomic mass is 10.1. The molecular formula is C15H17N3O2. The average molecular weight is 271 g/mol. The van der Waals surface area contributed by atoms with E-state index in [9.17, 15) is 0 Å². The van der Waals surface area contributed by atoms with Crippen LogP contribution in [-0.4, -0.2) is 23.2 Å². The van der Waals surface area contributed by atoms with E-state index in [-0.39, 0.29) is 6.04 Å². The standard InChI is InChI=1S/C15H17N3O2/c1-11(17-9-13-4-5-16-10-18-13)12-2-3-14-15(8-12)20-7-6-19-14/h2-5,8,10-11,17H,6-7,9H2,1H3. The van der Waals surface area contributed by atoms with Crippen molar-refractivity contribution in [2.24, 2.45) is 0 Å². The fraction of sp³-hybridized carbons (Fsp3) is 0.333. The first-order valence-corrected chi connectivity index (χ1v) is 6.71. The van der Waals surface area contributed by atoms with Gasteiger partial charge in [-0.3, -0.25) is 0 Å². The Kier molecular flexibility index (Phi) is 3.78. The van der Waals surface area contributed by atoms with Crippen LogP contribution in [0.25, 0.3) is 0 Å². The molecule has 5 heteroatoms. The summed E-state index contributed by atoms with van der Waals surface area (Å²) in [5, 5.41) is 3.44. The molecular weight excluding hydrogens is 254 g/mol. The van der Waals surface area contributed by atoms with Gasteiger partial charge in [0.15, 0.2) is 11.5 Å². The van der Waals surface area contributed by atoms with Gasteiger partial charge in [-0.25, -0.2) is 9.97 Å². The zero-order valence-corrected chi connectivity index (χ0v) is 11.4. The van der Waals surface area contributed by atoms with Crippen LogP contribution >= 0.6 is 0 Å². The van der Waals surface area contributed by atoms with Crippen molar-refractivity contribution in [1.29, 1.82) is 0 Å². The molecule has 0 aliphatic carbocycles. The Morgan fingerprint density at radius 3 is 2.85 bits per heavy atom. The monoisotopic (exact) mass is 271 g/mol. The van der Waals surface area contributed by atoms with Crippen molar-refractivity contribution >= 4 is 0 Å². The highest BCUT2D eigenvalue weighted by atomic mass is 16.6. The molecule has 0 radical (unpaired) electrons. The highest BCUT2D eigenvalue weighted by molar-refractivity contribution is 5.44. The van der Waals surface area contributed by atoms with Crippen molar-refractivity contribution in [3.05, 3.63) is 48.0 Å². The molecule has 0 saturated carbocycles. The van der Waals surface area contributed by atoms with Gasteiger partial charge >= 0.3 is 0 Å². The smallest absolute Gasteiger partial charge is 0.161 e. The first-order chi connectivity index (χ1) is 9.83. The first-order valence-electron chi connectivity index (χ1n) is 6.71. The molecule has 2 heterocycles. The number of fused-ring (bicyclic) bond motifs is 1. The Hall–Kier alpha value is -2.14. The van der Waals surface area contributed by atoms with E-state index in [0.717, 1.165) is 17.2 Å². The molecule has 1 atom stereocenters. The van der Waals surface area contributed by atoms with E-state index in [1.807, 2.05) is 18.2 Å². The summed E-state index contributed by atoms with van der Waals surface area (Å²) in [6.07, 6.45) is 3.31. The van der Waals surface area contributed by atoms with Crippen molar-refractivity contribution in [2.75, 3.05) is 13.2 Å². The number of nitrogens with one attached hydrogen (secondary N) is 1. The normalized spacial score (nSPS) is 14.8. The Labute approximate surface area is 118 Å². The molecule has 3 rings (SSSR count).